The zero-order valence-electron chi connectivity index (χ0n) is 15.2. The van der Waals surface area contributed by atoms with Gasteiger partial charge in [-0.3, -0.25) is 4.89 Å². The average molecular weight is 350 g/mol. The van der Waals surface area contributed by atoms with Crippen LogP contribution in [0.5, 0.6) is 0 Å². The molecule has 0 spiro atoms. The highest BCUT2D eigenvalue weighted by Gasteiger charge is 2.17. The number of rotatable bonds is 14. The topological polar surface area (TPSA) is 72.8 Å². The van der Waals surface area contributed by atoms with Crippen LogP contribution < -0.4 is 0 Å². The van der Waals surface area contributed by atoms with Gasteiger partial charge in [0.05, 0.1) is 17.7 Å². The maximum Gasteiger partial charge on any atom is 0.373 e. The van der Waals surface area contributed by atoms with Crippen LogP contribution in [0.25, 0.3) is 0 Å². The van der Waals surface area contributed by atoms with Gasteiger partial charge in [-0.2, -0.15) is 4.89 Å². The average Bonchev–Trinajstić information content (AvgIpc) is 2.62. The van der Waals surface area contributed by atoms with E-state index in [0.717, 1.165) is 19.3 Å². The molecule has 1 aromatic carbocycles. The molecule has 0 saturated heterocycles. The van der Waals surface area contributed by atoms with E-state index in [1.165, 1.54) is 57.1 Å². The van der Waals surface area contributed by atoms with E-state index in [-0.39, 0.29) is 11.1 Å². The van der Waals surface area contributed by atoms with Crippen LogP contribution in [0.1, 0.15) is 91.8 Å². The molecule has 0 fully saturated rings. The summed E-state index contributed by atoms with van der Waals surface area (Å²) < 4.78 is 0. The van der Waals surface area contributed by atoms with Crippen molar-refractivity contribution in [2.45, 2.75) is 71.1 Å². The Morgan fingerprint density at radius 3 is 1.92 bits per heavy atom. The van der Waals surface area contributed by atoms with Gasteiger partial charge in [0.25, 0.3) is 0 Å². The number of hydrogen-bond donors (Lipinski definition) is 1. The lowest BCUT2D eigenvalue weighted by Gasteiger charge is -2.06. The molecule has 0 aliphatic carbocycles. The normalized spacial score (nSPS) is 10.6. The number of benzene rings is 1. The van der Waals surface area contributed by atoms with Crippen molar-refractivity contribution in [3.05, 3.63) is 35.4 Å². The molecule has 0 bridgehead atoms. The summed E-state index contributed by atoms with van der Waals surface area (Å²) in [6.45, 7) is 2.56. The van der Waals surface area contributed by atoms with Crippen LogP contribution >= 0.6 is 0 Å². The van der Waals surface area contributed by atoms with Gasteiger partial charge in [-0.15, -0.1) is 0 Å². The Bertz CT molecular complexity index is 513. The van der Waals surface area contributed by atoms with E-state index in [1.807, 2.05) is 0 Å². The number of unbranched alkanes of at least 4 members (excludes halogenated alkanes) is 9. The van der Waals surface area contributed by atoms with Crippen LogP contribution in [0, 0.1) is 0 Å². The van der Waals surface area contributed by atoms with Gasteiger partial charge >= 0.3 is 11.9 Å². The third-order valence-corrected chi connectivity index (χ3v) is 4.09. The molecule has 0 unspecified atom stereocenters. The van der Waals surface area contributed by atoms with Crippen molar-refractivity contribution in [3.63, 3.8) is 0 Å². The maximum atomic E-state index is 11.8. The SMILES string of the molecule is CCCCCCCCCCCCOOC(=O)c1ccccc1C(=O)O. The molecule has 1 aromatic rings. The fourth-order valence-electron chi connectivity index (χ4n) is 2.64. The smallest absolute Gasteiger partial charge is 0.373 e. The van der Waals surface area contributed by atoms with Crippen LogP contribution in [-0.2, 0) is 9.78 Å². The van der Waals surface area contributed by atoms with Gasteiger partial charge in [0.2, 0.25) is 0 Å². The Labute approximate surface area is 150 Å². The van der Waals surface area contributed by atoms with Crippen LogP contribution in [0.3, 0.4) is 0 Å². The number of carboxylic acids is 1. The number of aromatic carboxylic acids is 1. The van der Waals surface area contributed by atoms with E-state index in [9.17, 15) is 9.59 Å². The molecule has 1 rings (SSSR count). The molecule has 0 aliphatic heterocycles. The number of carbonyl (C=O) groups excluding carboxylic acids is 1. The predicted octanol–water partition coefficient (Wildman–Crippen LogP) is 5.39. The summed E-state index contributed by atoms with van der Waals surface area (Å²) in [5, 5.41) is 9.04. The highest BCUT2D eigenvalue weighted by atomic mass is 17.2. The third kappa shape index (κ3) is 9.25. The molecular weight excluding hydrogens is 320 g/mol. The monoisotopic (exact) mass is 350 g/mol. The second-order valence-corrected chi connectivity index (χ2v) is 6.23. The van der Waals surface area contributed by atoms with E-state index < -0.39 is 11.9 Å². The first-order valence-electron chi connectivity index (χ1n) is 9.33. The molecule has 0 heterocycles. The molecule has 0 radical (unpaired) electrons. The minimum atomic E-state index is -1.16. The van der Waals surface area contributed by atoms with Gasteiger partial charge in [-0.05, 0) is 18.6 Å². The van der Waals surface area contributed by atoms with Crippen LogP contribution in [0.4, 0.5) is 0 Å². The van der Waals surface area contributed by atoms with Crippen molar-refractivity contribution < 1.29 is 24.5 Å². The number of carboxylic acid groups (broad SMARTS) is 1. The predicted molar refractivity (Wildman–Crippen MR) is 96.6 cm³/mol. The largest absolute Gasteiger partial charge is 0.478 e. The molecule has 0 atom stereocenters. The highest BCUT2D eigenvalue weighted by Crippen LogP contribution is 2.12. The fourth-order valence-corrected chi connectivity index (χ4v) is 2.64. The van der Waals surface area contributed by atoms with Crippen molar-refractivity contribution >= 4 is 11.9 Å². The van der Waals surface area contributed by atoms with Crippen molar-refractivity contribution in [1.82, 2.24) is 0 Å². The molecule has 1 N–H and O–H groups in total. The first-order chi connectivity index (χ1) is 12.2. The molecule has 5 heteroatoms. The highest BCUT2D eigenvalue weighted by molar-refractivity contribution is 6.02. The van der Waals surface area contributed by atoms with Crippen LogP contribution in [0.15, 0.2) is 24.3 Å². The van der Waals surface area contributed by atoms with Gasteiger partial charge in [-0.25, -0.2) is 9.59 Å². The maximum absolute atomic E-state index is 11.8. The molecular formula is C20H30O5. The lowest BCUT2D eigenvalue weighted by molar-refractivity contribution is -0.241. The van der Waals surface area contributed by atoms with Gasteiger partial charge in [0.1, 0.15) is 0 Å². The molecule has 5 nitrogen and oxygen atoms in total. The van der Waals surface area contributed by atoms with Gasteiger partial charge in [0, 0.05) is 0 Å². The standard InChI is InChI=1S/C20H30O5/c1-2-3-4-5-6-7-8-9-10-13-16-24-25-20(23)18-15-12-11-14-17(18)19(21)22/h11-12,14-15H,2-10,13,16H2,1H3,(H,21,22). The molecule has 0 saturated carbocycles. The Morgan fingerprint density at radius 1 is 0.840 bits per heavy atom. The first kappa shape index (κ1) is 21.2. The van der Waals surface area contributed by atoms with E-state index in [2.05, 4.69) is 6.92 Å². The van der Waals surface area contributed by atoms with Crippen LogP contribution in [0.2, 0.25) is 0 Å². The molecule has 0 aromatic heterocycles. The quantitative estimate of drug-likeness (QED) is 0.276. The Morgan fingerprint density at radius 2 is 1.36 bits per heavy atom. The van der Waals surface area contributed by atoms with Crippen molar-refractivity contribution in [2.75, 3.05) is 6.61 Å². The summed E-state index contributed by atoms with van der Waals surface area (Å²) in [7, 11) is 0. The van der Waals surface area contributed by atoms with E-state index >= 15 is 0 Å². The Balaban J connectivity index is 2.05. The fraction of sp³-hybridized carbons (Fsp3) is 0.600. The zero-order chi connectivity index (χ0) is 18.3. The Hall–Kier alpha value is -1.88. The first-order valence-corrected chi connectivity index (χ1v) is 9.33. The van der Waals surface area contributed by atoms with Crippen molar-refractivity contribution in [3.8, 4) is 0 Å². The Kier molecular flexibility index (Phi) is 11.4. The third-order valence-electron chi connectivity index (χ3n) is 4.09. The summed E-state index contributed by atoms with van der Waals surface area (Å²) in [6.07, 6.45) is 12.2. The zero-order valence-corrected chi connectivity index (χ0v) is 15.2. The lowest BCUT2D eigenvalue weighted by Crippen LogP contribution is -2.12. The minimum absolute atomic E-state index is 0.00178. The van der Waals surface area contributed by atoms with Crippen molar-refractivity contribution in [2.24, 2.45) is 0 Å². The molecule has 25 heavy (non-hydrogen) atoms. The lowest BCUT2D eigenvalue weighted by atomic mass is 10.1. The number of hydrogen-bond acceptors (Lipinski definition) is 4. The number of carbonyl (C=O) groups is 2. The van der Waals surface area contributed by atoms with E-state index in [4.69, 9.17) is 14.9 Å². The summed E-state index contributed by atoms with van der Waals surface area (Å²) in [6, 6.07) is 5.92. The summed E-state index contributed by atoms with van der Waals surface area (Å²) >= 11 is 0. The van der Waals surface area contributed by atoms with Gasteiger partial charge < -0.3 is 5.11 Å². The summed E-state index contributed by atoms with van der Waals surface area (Å²) in [5.74, 6) is -1.94. The molecule has 0 amide bonds. The second kappa shape index (κ2) is 13.4. The van der Waals surface area contributed by atoms with Gasteiger partial charge in [0.15, 0.2) is 0 Å². The van der Waals surface area contributed by atoms with Gasteiger partial charge in [-0.1, -0.05) is 76.8 Å². The summed E-state index contributed by atoms with van der Waals surface area (Å²) in [4.78, 5) is 32.5. The van der Waals surface area contributed by atoms with Crippen LogP contribution in [-0.4, -0.2) is 23.7 Å². The molecule has 140 valence electrons. The molecule has 0 aliphatic rings. The second-order valence-electron chi connectivity index (χ2n) is 6.23. The van der Waals surface area contributed by atoms with E-state index in [0.29, 0.717) is 6.61 Å². The van der Waals surface area contributed by atoms with Crippen molar-refractivity contribution in [1.29, 1.82) is 0 Å². The summed E-state index contributed by atoms with van der Waals surface area (Å²) in [5.41, 5.74) is -0.0897. The van der Waals surface area contributed by atoms with E-state index in [1.54, 1.807) is 12.1 Å². The minimum Gasteiger partial charge on any atom is -0.478 e.